The number of likely N-dealkylation sites (tertiary alicyclic amines) is 1. The summed E-state index contributed by atoms with van der Waals surface area (Å²) in [5.41, 5.74) is 1.15. The summed E-state index contributed by atoms with van der Waals surface area (Å²) < 4.78 is 10.9. The number of methoxy groups -OCH3 is 2. The first-order valence-electron chi connectivity index (χ1n) is 11.7. The van der Waals surface area contributed by atoms with Crippen LogP contribution < -0.4 is 25.0 Å². The molecule has 2 heterocycles. The number of rotatable bonds is 7. The van der Waals surface area contributed by atoms with Crippen LogP contribution in [-0.4, -0.2) is 76.9 Å². The number of anilines is 1. The zero-order chi connectivity index (χ0) is 22.2. The van der Waals surface area contributed by atoms with Gasteiger partial charge >= 0.3 is 0 Å². The fourth-order valence-corrected chi connectivity index (χ4v) is 4.64. The first-order chi connectivity index (χ1) is 15.0. The third-order valence-electron chi connectivity index (χ3n) is 6.64. The topological polar surface area (TPSA) is 61.4 Å². The molecule has 174 valence electrons. The summed E-state index contributed by atoms with van der Waals surface area (Å²) in [6.45, 7) is 10.0. The van der Waals surface area contributed by atoms with Crippen molar-refractivity contribution < 1.29 is 9.47 Å². The average molecular weight is 432 g/mol. The van der Waals surface area contributed by atoms with Gasteiger partial charge in [0.1, 0.15) is 11.5 Å². The summed E-state index contributed by atoms with van der Waals surface area (Å²) in [7, 11) is 5.25. The minimum atomic E-state index is 0.431. The van der Waals surface area contributed by atoms with Gasteiger partial charge < -0.3 is 25.0 Å². The maximum atomic E-state index is 5.43. The van der Waals surface area contributed by atoms with E-state index in [2.05, 4.69) is 51.4 Å². The van der Waals surface area contributed by atoms with E-state index in [4.69, 9.17) is 9.47 Å². The van der Waals surface area contributed by atoms with Gasteiger partial charge in [-0.15, -0.1) is 0 Å². The summed E-state index contributed by atoms with van der Waals surface area (Å²) >= 11 is 0. The van der Waals surface area contributed by atoms with Crippen LogP contribution in [0, 0.1) is 5.92 Å². The molecule has 2 N–H and O–H groups in total. The zero-order valence-corrected chi connectivity index (χ0v) is 20.0. The highest BCUT2D eigenvalue weighted by Gasteiger charge is 2.23. The summed E-state index contributed by atoms with van der Waals surface area (Å²) in [4.78, 5) is 9.47. The first kappa shape index (κ1) is 23.5. The molecule has 31 heavy (non-hydrogen) atoms. The quantitative estimate of drug-likeness (QED) is 0.511. The molecular weight excluding hydrogens is 390 g/mol. The van der Waals surface area contributed by atoms with Gasteiger partial charge in [0.05, 0.1) is 14.2 Å². The average Bonchev–Trinajstić information content (AvgIpc) is 2.81. The molecule has 2 atom stereocenters. The van der Waals surface area contributed by atoms with Gasteiger partial charge in [-0.3, -0.25) is 9.89 Å². The molecule has 1 aromatic carbocycles. The number of hydrogen-bond donors (Lipinski definition) is 2. The van der Waals surface area contributed by atoms with Crippen LogP contribution in [-0.2, 0) is 0 Å². The van der Waals surface area contributed by atoms with Crippen LogP contribution in [0.4, 0.5) is 5.69 Å². The number of nitrogens with zero attached hydrogens (tertiary/aromatic N) is 3. The molecule has 2 aliphatic heterocycles. The lowest BCUT2D eigenvalue weighted by atomic mass is 9.99. The highest BCUT2D eigenvalue weighted by Crippen LogP contribution is 2.30. The van der Waals surface area contributed by atoms with Crippen molar-refractivity contribution in [2.75, 3.05) is 58.9 Å². The Morgan fingerprint density at radius 2 is 1.77 bits per heavy atom. The predicted molar refractivity (Wildman–Crippen MR) is 129 cm³/mol. The van der Waals surface area contributed by atoms with Crippen molar-refractivity contribution in [3.05, 3.63) is 18.2 Å². The number of piperidine rings is 2. The monoisotopic (exact) mass is 431 g/mol. The van der Waals surface area contributed by atoms with Gasteiger partial charge in [-0.05, 0) is 45.1 Å². The first-order valence-corrected chi connectivity index (χ1v) is 11.7. The molecule has 7 heteroatoms. The maximum absolute atomic E-state index is 5.43. The molecule has 2 fully saturated rings. The molecule has 3 rings (SSSR count). The number of benzene rings is 1. The Morgan fingerprint density at radius 1 is 1.10 bits per heavy atom. The number of aliphatic imine (C=N–C) groups is 1. The SMILES string of the molecule is CN=C(NCC(C)N1CCCC(C)C1)NC1CCN(c2cc(OC)cc(OC)c2)CC1. The van der Waals surface area contributed by atoms with E-state index in [1.54, 1.807) is 14.2 Å². The Labute approximate surface area is 188 Å². The Bertz CT molecular complexity index is 696. The second-order valence-corrected chi connectivity index (χ2v) is 9.02. The van der Waals surface area contributed by atoms with Crippen molar-refractivity contribution in [3.63, 3.8) is 0 Å². The summed E-state index contributed by atoms with van der Waals surface area (Å²) in [5, 5.41) is 7.19. The highest BCUT2D eigenvalue weighted by molar-refractivity contribution is 5.80. The lowest BCUT2D eigenvalue weighted by Gasteiger charge is -2.36. The zero-order valence-electron chi connectivity index (χ0n) is 20.0. The minimum Gasteiger partial charge on any atom is -0.497 e. The summed E-state index contributed by atoms with van der Waals surface area (Å²) in [6.07, 6.45) is 4.82. The van der Waals surface area contributed by atoms with E-state index in [1.165, 1.54) is 25.9 Å². The highest BCUT2D eigenvalue weighted by atomic mass is 16.5. The fraction of sp³-hybridized carbons (Fsp3) is 0.708. The smallest absolute Gasteiger partial charge is 0.191 e. The van der Waals surface area contributed by atoms with Crippen LogP contribution in [0.25, 0.3) is 0 Å². The largest absolute Gasteiger partial charge is 0.497 e. The van der Waals surface area contributed by atoms with Gasteiger partial charge in [-0.1, -0.05) is 6.92 Å². The number of hydrogen-bond acceptors (Lipinski definition) is 5. The standard InChI is InChI=1S/C24H41N5O2/c1-18-7-6-10-29(17-18)19(2)16-26-24(25-3)27-20-8-11-28(12-9-20)21-13-22(30-4)15-23(14-21)31-5/h13-15,18-20H,6-12,16-17H2,1-5H3,(H2,25,26,27). The van der Waals surface area contributed by atoms with E-state index in [1.807, 2.05) is 13.1 Å². The van der Waals surface area contributed by atoms with Gasteiger partial charge in [0.15, 0.2) is 5.96 Å². The summed E-state index contributed by atoms with van der Waals surface area (Å²) in [6, 6.07) is 7.03. The molecule has 0 radical (unpaired) electrons. The molecule has 2 saturated heterocycles. The van der Waals surface area contributed by atoms with Crippen molar-refractivity contribution in [3.8, 4) is 11.5 Å². The molecular formula is C24H41N5O2. The normalized spacial score (nSPS) is 22.2. The third-order valence-corrected chi connectivity index (χ3v) is 6.64. The molecule has 2 aliphatic rings. The van der Waals surface area contributed by atoms with E-state index >= 15 is 0 Å². The molecule has 0 aromatic heterocycles. The van der Waals surface area contributed by atoms with Crippen LogP contribution in [0.1, 0.15) is 39.5 Å². The van der Waals surface area contributed by atoms with Crippen LogP contribution in [0.2, 0.25) is 0 Å². The van der Waals surface area contributed by atoms with Crippen LogP contribution in [0.5, 0.6) is 11.5 Å². The van der Waals surface area contributed by atoms with E-state index in [0.29, 0.717) is 12.1 Å². The lowest BCUT2D eigenvalue weighted by Crippen LogP contribution is -2.52. The number of nitrogens with one attached hydrogen (secondary N) is 2. The summed E-state index contributed by atoms with van der Waals surface area (Å²) in [5.74, 6) is 3.38. The molecule has 0 aliphatic carbocycles. The Morgan fingerprint density at radius 3 is 2.35 bits per heavy atom. The fourth-order valence-electron chi connectivity index (χ4n) is 4.64. The molecule has 0 bridgehead atoms. The lowest BCUT2D eigenvalue weighted by molar-refractivity contribution is 0.139. The number of guanidine groups is 1. The van der Waals surface area contributed by atoms with Crippen molar-refractivity contribution in [2.24, 2.45) is 10.9 Å². The van der Waals surface area contributed by atoms with Gasteiger partial charge in [0, 0.05) is 69.2 Å². The third kappa shape index (κ3) is 6.66. The van der Waals surface area contributed by atoms with Gasteiger partial charge in [-0.2, -0.15) is 0 Å². The van der Waals surface area contributed by atoms with E-state index in [9.17, 15) is 0 Å². The van der Waals surface area contributed by atoms with Crippen LogP contribution >= 0.6 is 0 Å². The Kier molecular flexibility index (Phi) is 8.69. The predicted octanol–water partition coefficient (Wildman–Crippen LogP) is 2.96. The number of ether oxygens (including phenoxy) is 2. The van der Waals surface area contributed by atoms with E-state index < -0.39 is 0 Å². The second-order valence-electron chi connectivity index (χ2n) is 9.02. The maximum Gasteiger partial charge on any atom is 0.191 e. The molecule has 0 amide bonds. The van der Waals surface area contributed by atoms with Crippen LogP contribution in [0.15, 0.2) is 23.2 Å². The van der Waals surface area contributed by atoms with Crippen molar-refractivity contribution >= 4 is 11.6 Å². The van der Waals surface area contributed by atoms with E-state index in [0.717, 1.165) is 61.5 Å². The molecule has 2 unspecified atom stereocenters. The van der Waals surface area contributed by atoms with Gasteiger partial charge in [0.2, 0.25) is 0 Å². The van der Waals surface area contributed by atoms with Crippen molar-refractivity contribution in [1.82, 2.24) is 15.5 Å². The second kappa shape index (κ2) is 11.5. The van der Waals surface area contributed by atoms with Crippen molar-refractivity contribution in [1.29, 1.82) is 0 Å². The minimum absolute atomic E-state index is 0.431. The molecule has 0 saturated carbocycles. The molecule has 7 nitrogen and oxygen atoms in total. The van der Waals surface area contributed by atoms with Gasteiger partial charge in [0.25, 0.3) is 0 Å². The molecule has 1 aromatic rings. The molecule has 0 spiro atoms. The Balaban J connectivity index is 1.46. The van der Waals surface area contributed by atoms with Crippen molar-refractivity contribution in [2.45, 2.75) is 51.6 Å². The van der Waals surface area contributed by atoms with Crippen LogP contribution in [0.3, 0.4) is 0 Å². The Hall–Kier alpha value is -2.15. The van der Waals surface area contributed by atoms with Gasteiger partial charge in [-0.25, -0.2) is 0 Å². The van der Waals surface area contributed by atoms with E-state index in [-0.39, 0.29) is 0 Å².